The maximum absolute atomic E-state index is 5.53. The molecule has 0 unspecified atom stereocenters. The van der Waals surface area contributed by atoms with Crippen LogP contribution in [0.4, 0.5) is 0 Å². The molecule has 3 nitrogen and oxygen atoms in total. The Morgan fingerprint density at radius 2 is 0.712 bits per heavy atom. The molecular formula is C63H39N3. The number of aromatic nitrogens is 3. The lowest BCUT2D eigenvalue weighted by atomic mass is 9.91. The molecule has 0 aliphatic carbocycles. The minimum Gasteiger partial charge on any atom is -0.246 e. The van der Waals surface area contributed by atoms with Gasteiger partial charge in [0.05, 0.1) is 22.6 Å². The second-order valence-corrected chi connectivity index (χ2v) is 17.0. The van der Waals surface area contributed by atoms with E-state index < -0.39 is 0 Å². The van der Waals surface area contributed by atoms with Gasteiger partial charge in [0, 0.05) is 44.0 Å². The summed E-state index contributed by atoms with van der Waals surface area (Å²) in [6.07, 6.45) is 0. The number of hydrogen-bond acceptors (Lipinski definition) is 3. The normalized spacial score (nSPS) is 11.6. The first-order valence-corrected chi connectivity index (χ1v) is 22.5. The van der Waals surface area contributed by atoms with E-state index in [9.17, 15) is 0 Å². The maximum Gasteiger partial charge on any atom is 0.161 e. The van der Waals surface area contributed by atoms with E-state index in [1.807, 2.05) is 0 Å². The summed E-state index contributed by atoms with van der Waals surface area (Å²) in [5.74, 6) is 0.693. The largest absolute Gasteiger partial charge is 0.246 e. The molecule has 0 aliphatic rings. The summed E-state index contributed by atoms with van der Waals surface area (Å²) in [7, 11) is 0. The standard InChI is InChI=1S/C63H39N3/c1-3-17-40(18-4-1)48-29-15-31-54-60(48)55-32-16-30-49(62(55)66-61(54)43-19-5-2-6-20-43)41-33-35-42(36-34-41)58-39-59(56-37-44-21-7-9-23-46(44)50-25-11-13-27-52(50)56)65-63(64-58)57-38-45-22-8-10-24-47(45)51-26-12-14-28-53(51)57/h1-39H. The van der Waals surface area contributed by atoms with Gasteiger partial charge in [-0.05, 0) is 78.0 Å². The van der Waals surface area contributed by atoms with Crippen LogP contribution in [0.5, 0.6) is 0 Å². The van der Waals surface area contributed by atoms with Gasteiger partial charge in [0.15, 0.2) is 5.82 Å². The number of rotatable bonds is 6. The first-order valence-electron chi connectivity index (χ1n) is 22.5. The van der Waals surface area contributed by atoms with E-state index >= 15 is 0 Å². The number of hydrogen-bond donors (Lipinski definition) is 0. The molecule has 0 fully saturated rings. The molecule has 0 aliphatic heterocycles. The summed E-state index contributed by atoms with van der Waals surface area (Å²) >= 11 is 0. The van der Waals surface area contributed by atoms with Crippen molar-refractivity contribution < 1.29 is 0 Å². The molecule has 11 aromatic carbocycles. The monoisotopic (exact) mass is 837 g/mol. The van der Waals surface area contributed by atoms with Crippen molar-refractivity contribution in [3.05, 3.63) is 237 Å². The Kier molecular flexibility index (Phi) is 8.85. The van der Waals surface area contributed by atoms with Gasteiger partial charge in [-0.1, -0.05) is 218 Å². The van der Waals surface area contributed by atoms with Crippen LogP contribution in [0, 0.1) is 0 Å². The minimum absolute atomic E-state index is 0.693. The van der Waals surface area contributed by atoms with Crippen LogP contribution in [-0.2, 0) is 0 Å². The van der Waals surface area contributed by atoms with Gasteiger partial charge >= 0.3 is 0 Å². The topological polar surface area (TPSA) is 38.7 Å². The fourth-order valence-electron chi connectivity index (χ4n) is 10.2. The van der Waals surface area contributed by atoms with E-state index in [2.05, 4.69) is 237 Å². The predicted molar refractivity (Wildman–Crippen MR) is 277 cm³/mol. The molecule has 306 valence electrons. The van der Waals surface area contributed by atoms with Crippen LogP contribution in [0.2, 0.25) is 0 Å². The van der Waals surface area contributed by atoms with E-state index in [0.717, 1.165) is 82.9 Å². The van der Waals surface area contributed by atoms with Gasteiger partial charge in [0.1, 0.15) is 0 Å². The van der Waals surface area contributed by atoms with Crippen LogP contribution in [0.1, 0.15) is 0 Å². The van der Waals surface area contributed by atoms with Gasteiger partial charge in [0.25, 0.3) is 0 Å². The van der Waals surface area contributed by atoms with Gasteiger partial charge in [-0.15, -0.1) is 0 Å². The highest BCUT2D eigenvalue weighted by atomic mass is 14.9. The third-order valence-electron chi connectivity index (χ3n) is 13.3. The summed E-state index contributed by atoms with van der Waals surface area (Å²) in [5, 5.41) is 12.9. The van der Waals surface area contributed by atoms with Gasteiger partial charge < -0.3 is 0 Å². The SMILES string of the molecule is c1ccc(-c2nc3c(-c4ccc(-c5cc(-c6cc7ccccc7c7ccccc67)nc(-c6cc7ccccc7c7ccccc67)n5)cc4)cccc3c3c(-c4ccccc4)cccc23)cc1. The van der Waals surface area contributed by atoms with Gasteiger partial charge in [-0.3, -0.25) is 0 Å². The lowest BCUT2D eigenvalue weighted by Gasteiger charge is -2.16. The van der Waals surface area contributed by atoms with Crippen molar-refractivity contribution in [1.82, 2.24) is 15.0 Å². The Morgan fingerprint density at radius 3 is 1.38 bits per heavy atom. The van der Waals surface area contributed by atoms with Crippen LogP contribution in [0.3, 0.4) is 0 Å². The van der Waals surface area contributed by atoms with Gasteiger partial charge in [-0.25, -0.2) is 15.0 Å². The first kappa shape index (κ1) is 37.7. The van der Waals surface area contributed by atoms with Crippen molar-refractivity contribution in [2.24, 2.45) is 0 Å². The molecule has 0 saturated carbocycles. The number of fused-ring (bicyclic) bond motifs is 9. The van der Waals surface area contributed by atoms with E-state index in [-0.39, 0.29) is 0 Å². The first-order chi connectivity index (χ1) is 32.7. The van der Waals surface area contributed by atoms with E-state index in [4.69, 9.17) is 15.0 Å². The number of nitrogens with zero attached hydrogens (tertiary/aromatic N) is 3. The van der Waals surface area contributed by atoms with Crippen molar-refractivity contribution in [3.63, 3.8) is 0 Å². The lowest BCUT2D eigenvalue weighted by Crippen LogP contribution is -1.98. The molecule has 3 heteroatoms. The predicted octanol–water partition coefficient (Wildman–Crippen LogP) is 16.8. The van der Waals surface area contributed by atoms with Crippen molar-refractivity contribution in [2.45, 2.75) is 0 Å². The van der Waals surface area contributed by atoms with E-state index in [1.54, 1.807) is 0 Å². The second-order valence-electron chi connectivity index (χ2n) is 17.0. The number of benzene rings is 11. The zero-order valence-electron chi connectivity index (χ0n) is 35.9. The van der Waals surface area contributed by atoms with Crippen LogP contribution >= 0.6 is 0 Å². The molecular weight excluding hydrogens is 799 g/mol. The molecule has 0 atom stereocenters. The molecule has 13 rings (SSSR count). The summed E-state index contributed by atoms with van der Waals surface area (Å²) in [6.45, 7) is 0. The Morgan fingerprint density at radius 1 is 0.242 bits per heavy atom. The van der Waals surface area contributed by atoms with Crippen LogP contribution in [0.15, 0.2) is 237 Å². The maximum atomic E-state index is 5.53. The summed E-state index contributed by atoms with van der Waals surface area (Å²) in [4.78, 5) is 16.5. The van der Waals surface area contributed by atoms with Crippen molar-refractivity contribution in [2.75, 3.05) is 0 Å². The van der Waals surface area contributed by atoms with Crippen LogP contribution in [0.25, 0.3) is 132 Å². The lowest BCUT2D eigenvalue weighted by molar-refractivity contribution is 1.19. The molecule has 2 heterocycles. The van der Waals surface area contributed by atoms with Crippen molar-refractivity contribution >= 4 is 64.8 Å². The molecule has 13 aromatic rings. The molecule has 0 radical (unpaired) electrons. The molecule has 0 bridgehead atoms. The highest BCUT2D eigenvalue weighted by Gasteiger charge is 2.20. The Hall–Kier alpha value is -8.79. The van der Waals surface area contributed by atoms with Gasteiger partial charge in [-0.2, -0.15) is 0 Å². The Labute approximate surface area is 382 Å². The van der Waals surface area contributed by atoms with E-state index in [0.29, 0.717) is 5.82 Å². The Bertz CT molecular complexity index is 3890. The van der Waals surface area contributed by atoms with Crippen LogP contribution in [-0.4, -0.2) is 15.0 Å². The van der Waals surface area contributed by atoms with Crippen LogP contribution < -0.4 is 0 Å². The number of pyridine rings is 1. The molecule has 66 heavy (non-hydrogen) atoms. The summed E-state index contributed by atoms with van der Waals surface area (Å²) in [5.41, 5.74) is 12.4. The van der Waals surface area contributed by atoms with Crippen molar-refractivity contribution in [3.8, 4) is 67.4 Å². The fraction of sp³-hybridized carbons (Fsp3) is 0. The highest BCUT2D eigenvalue weighted by Crippen LogP contribution is 2.43. The smallest absolute Gasteiger partial charge is 0.161 e. The molecule has 0 saturated heterocycles. The average molecular weight is 838 g/mol. The molecule has 0 N–H and O–H groups in total. The third kappa shape index (κ3) is 6.24. The summed E-state index contributed by atoms with van der Waals surface area (Å²) in [6, 6.07) is 84.5. The van der Waals surface area contributed by atoms with E-state index in [1.165, 1.54) is 43.4 Å². The summed E-state index contributed by atoms with van der Waals surface area (Å²) < 4.78 is 0. The third-order valence-corrected chi connectivity index (χ3v) is 13.3. The Balaban J connectivity index is 1.02. The zero-order chi connectivity index (χ0) is 43.6. The highest BCUT2D eigenvalue weighted by molar-refractivity contribution is 6.20. The molecule has 2 aromatic heterocycles. The fourth-order valence-corrected chi connectivity index (χ4v) is 10.2. The zero-order valence-corrected chi connectivity index (χ0v) is 35.9. The quantitative estimate of drug-likeness (QED) is 0.157. The van der Waals surface area contributed by atoms with Crippen molar-refractivity contribution in [1.29, 1.82) is 0 Å². The minimum atomic E-state index is 0.693. The average Bonchev–Trinajstić information content (AvgIpc) is 3.40. The van der Waals surface area contributed by atoms with Gasteiger partial charge in [0.2, 0.25) is 0 Å². The number of para-hydroxylation sites is 1. The molecule has 0 spiro atoms. The second kappa shape index (κ2) is 15.5. The molecule has 0 amide bonds.